The van der Waals surface area contributed by atoms with E-state index in [0.29, 0.717) is 0 Å². The molecule has 3 heteroatoms. The smallest absolute Gasteiger partial charge is 0.106 e. The highest BCUT2D eigenvalue weighted by Crippen LogP contribution is 2.30. The second-order valence-electron chi connectivity index (χ2n) is 5.02. The van der Waals surface area contributed by atoms with E-state index in [1.807, 2.05) is 24.3 Å². The summed E-state index contributed by atoms with van der Waals surface area (Å²) in [5, 5.41) is 3.38. The minimum atomic E-state index is -0.0945. The molecule has 1 heterocycles. The van der Waals surface area contributed by atoms with Crippen molar-refractivity contribution in [2.24, 2.45) is 10.7 Å². The van der Waals surface area contributed by atoms with Crippen molar-refractivity contribution >= 4 is 5.84 Å². The van der Waals surface area contributed by atoms with Crippen LogP contribution < -0.4 is 11.1 Å². The molecule has 102 valence electrons. The first-order valence-corrected chi connectivity index (χ1v) is 7.00. The first-order valence-electron chi connectivity index (χ1n) is 7.00. The van der Waals surface area contributed by atoms with Gasteiger partial charge in [-0.1, -0.05) is 60.7 Å². The van der Waals surface area contributed by atoms with E-state index in [0.717, 1.165) is 24.5 Å². The van der Waals surface area contributed by atoms with Crippen molar-refractivity contribution in [1.29, 1.82) is 0 Å². The van der Waals surface area contributed by atoms with Gasteiger partial charge in [0.2, 0.25) is 0 Å². The molecule has 1 aliphatic rings. The Hall–Kier alpha value is -2.13. The van der Waals surface area contributed by atoms with Crippen molar-refractivity contribution in [3.05, 3.63) is 71.8 Å². The Labute approximate surface area is 119 Å². The van der Waals surface area contributed by atoms with Crippen LogP contribution in [0.25, 0.3) is 0 Å². The molecule has 0 amide bonds. The van der Waals surface area contributed by atoms with Crippen molar-refractivity contribution in [3.63, 3.8) is 0 Å². The van der Waals surface area contributed by atoms with Crippen molar-refractivity contribution < 1.29 is 0 Å². The zero-order chi connectivity index (χ0) is 13.8. The van der Waals surface area contributed by atoms with E-state index in [1.54, 1.807) is 0 Å². The monoisotopic (exact) mass is 265 g/mol. The summed E-state index contributed by atoms with van der Waals surface area (Å²) < 4.78 is 0. The van der Waals surface area contributed by atoms with E-state index in [9.17, 15) is 0 Å². The highest BCUT2D eigenvalue weighted by molar-refractivity contribution is 5.91. The number of aliphatic imine (C=N–C) groups is 1. The highest BCUT2D eigenvalue weighted by atomic mass is 15.1. The standard InChI is InChI=1S/C17H19N3/c18-16(14-9-5-2-6-10-14)15(17-19-11-12-20-17)13-7-3-1-4-8-13/h1-10,15-16H,11-12,18H2,(H,19,20). The van der Waals surface area contributed by atoms with Gasteiger partial charge in [-0.2, -0.15) is 0 Å². The van der Waals surface area contributed by atoms with Gasteiger partial charge in [-0.15, -0.1) is 0 Å². The number of hydrogen-bond acceptors (Lipinski definition) is 3. The molecule has 2 aromatic carbocycles. The zero-order valence-electron chi connectivity index (χ0n) is 11.4. The van der Waals surface area contributed by atoms with E-state index < -0.39 is 0 Å². The Morgan fingerprint density at radius 2 is 1.50 bits per heavy atom. The Kier molecular flexibility index (Phi) is 3.79. The van der Waals surface area contributed by atoms with Gasteiger partial charge in [-0.25, -0.2) is 0 Å². The molecule has 0 spiro atoms. The van der Waals surface area contributed by atoms with E-state index in [2.05, 4.69) is 46.7 Å². The molecule has 3 rings (SSSR count). The fraction of sp³-hybridized carbons (Fsp3) is 0.235. The summed E-state index contributed by atoms with van der Waals surface area (Å²) in [6.45, 7) is 1.74. The van der Waals surface area contributed by atoms with Gasteiger partial charge in [0.1, 0.15) is 5.84 Å². The Morgan fingerprint density at radius 3 is 2.05 bits per heavy atom. The number of rotatable bonds is 4. The lowest BCUT2D eigenvalue weighted by atomic mass is 9.86. The Morgan fingerprint density at radius 1 is 0.900 bits per heavy atom. The first kappa shape index (κ1) is 12.9. The molecule has 0 radical (unpaired) electrons. The Balaban J connectivity index is 1.98. The van der Waals surface area contributed by atoms with Crippen molar-refractivity contribution in [1.82, 2.24) is 5.32 Å². The van der Waals surface area contributed by atoms with Gasteiger partial charge in [0.05, 0.1) is 12.5 Å². The van der Waals surface area contributed by atoms with Gasteiger partial charge < -0.3 is 11.1 Å². The minimum absolute atomic E-state index is 0.0844. The highest BCUT2D eigenvalue weighted by Gasteiger charge is 2.27. The fourth-order valence-electron chi connectivity index (χ4n) is 2.69. The third kappa shape index (κ3) is 2.58. The predicted octanol–water partition coefficient (Wildman–Crippen LogP) is 2.47. The summed E-state index contributed by atoms with van der Waals surface area (Å²) >= 11 is 0. The molecule has 0 bridgehead atoms. The lowest BCUT2D eigenvalue weighted by Crippen LogP contribution is -2.33. The van der Waals surface area contributed by atoms with Gasteiger partial charge in [0.15, 0.2) is 0 Å². The Bertz CT molecular complexity index is 578. The van der Waals surface area contributed by atoms with E-state index in [1.165, 1.54) is 5.56 Å². The van der Waals surface area contributed by atoms with Crippen LogP contribution in [-0.2, 0) is 0 Å². The maximum Gasteiger partial charge on any atom is 0.106 e. The second kappa shape index (κ2) is 5.88. The average Bonchev–Trinajstić information content (AvgIpc) is 3.03. The number of nitrogens with zero attached hydrogens (tertiary/aromatic N) is 1. The molecule has 20 heavy (non-hydrogen) atoms. The number of nitrogens with one attached hydrogen (secondary N) is 1. The van der Waals surface area contributed by atoms with Crippen LogP contribution in [0, 0.1) is 0 Å². The largest absolute Gasteiger partial charge is 0.371 e. The maximum absolute atomic E-state index is 6.53. The first-order chi connectivity index (χ1) is 9.86. The van der Waals surface area contributed by atoms with Crippen LogP contribution in [0.15, 0.2) is 65.7 Å². The van der Waals surface area contributed by atoms with Gasteiger partial charge in [0.25, 0.3) is 0 Å². The van der Waals surface area contributed by atoms with Crippen LogP contribution in [0.1, 0.15) is 23.1 Å². The van der Waals surface area contributed by atoms with Crippen molar-refractivity contribution in [2.75, 3.05) is 13.1 Å². The van der Waals surface area contributed by atoms with Gasteiger partial charge in [-0.05, 0) is 11.1 Å². The van der Waals surface area contributed by atoms with Crippen LogP contribution in [0.5, 0.6) is 0 Å². The molecule has 2 atom stereocenters. The maximum atomic E-state index is 6.53. The molecule has 0 saturated carbocycles. The molecular weight excluding hydrogens is 246 g/mol. The number of benzene rings is 2. The zero-order valence-corrected chi connectivity index (χ0v) is 11.4. The van der Waals surface area contributed by atoms with Crippen LogP contribution in [0.3, 0.4) is 0 Å². The topological polar surface area (TPSA) is 50.4 Å². The second-order valence-corrected chi connectivity index (χ2v) is 5.02. The minimum Gasteiger partial charge on any atom is -0.371 e. The van der Waals surface area contributed by atoms with Crippen molar-refractivity contribution in [3.8, 4) is 0 Å². The molecule has 0 aromatic heterocycles. The van der Waals surface area contributed by atoms with E-state index >= 15 is 0 Å². The van der Waals surface area contributed by atoms with Gasteiger partial charge >= 0.3 is 0 Å². The van der Waals surface area contributed by atoms with Crippen LogP contribution in [0.4, 0.5) is 0 Å². The summed E-state index contributed by atoms with van der Waals surface area (Å²) in [4.78, 5) is 4.58. The summed E-state index contributed by atoms with van der Waals surface area (Å²) in [6, 6.07) is 20.5. The molecule has 3 nitrogen and oxygen atoms in total. The lowest BCUT2D eigenvalue weighted by molar-refractivity contribution is 0.661. The molecule has 1 aliphatic heterocycles. The predicted molar refractivity (Wildman–Crippen MR) is 82.9 cm³/mol. The normalized spacial score (nSPS) is 17.1. The van der Waals surface area contributed by atoms with Crippen LogP contribution in [-0.4, -0.2) is 18.9 Å². The quantitative estimate of drug-likeness (QED) is 0.892. The molecular formula is C17H19N3. The lowest BCUT2D eigenvalue weighted by Gasteiger charge is -2.25. The number of hydrogen-bond donors (Lipinski definition) is 2. The van der Waals surface area contributed by atoms with E-state index in [-0.39, 0.29) is 12.0 Å². The molecule has 2 unspecified atom stereocenters. The molecule has 3 N–H and O–H groups in total. The number of amidine groups is 1. The summed E-state index contributed by atoms with van der Waals surface area (Å²) in [5.74, 6) is 1.09. The molecule has 0 aliphatic carbocycles. The average molecular weight is 265 g/mol. The third-order valence-corrected chi connectivity index (χ3v) is 3.70. The summed E-state index contributed by atoms with van der Waals surface area (Å²) in [5.41, 5.74) is 8.87. The van der Waals surface area contributed by atoms with E-state index in [4.69, 9.17) is 5.73 Å². The van der Waals surface area contributed by atoms with Crippen molar-refractivity contribution in [2.45, 2.75) is 12.0 Å². The summed E-state index contributed by atoms with van der Waals surface area (Å²) in [6.07, 6.45) is 0. The molecule has 0 fully saturated rings. The summed E-state index contributed by atoms with van der Waals surface area (Å²) in [7, 11) is 0. The van der Waals surface area contributed by atoms with Crippen LogP contribution in [0.2, 0.25) is 0 Å². The molecule has 0 saturated heterocycles. The van der Waals surface area contributed by atoms with Gasteiger partial charge in [0, 0.05) is 12.6 Å². The number of nitrogens with two attached hydrogens (primary N) is 1. The molecule has 2 aromatic rings. The van der Waals surface area contributed by atoms with Gasteiger partial charge in [-0.3, -0.25) is 4.99 Å². The third-order valence-electron chi connectivity index (χ3n) is 3.70. The fourth-order valence-corrected chi connectivity index (χ4v) is 2.69. The van der Waals surface area contributed by atoms with Crippen LogP contribution >= 0.6 is 0 Å². The SMILES string of the molecule is NC(c1ccccc1)C(C1=NCCN1)c1ccccc1.